The molecule has 2 unspecified atom stereocenters. The molecule has 5 nitrogen and oxygen atoms in total. The lowest BCUT2D eigenvalue weighted by Crippen LogP contribution is -2.21. The molecule has 1 heterocycles. The van der Waals surface area contributed by atoms with E-state index in [1.54, 1.807) is 14.0 Å². The second kappa shape index (κ2) is 8.61. The van der Waals surface area contributed by atoms with Gasteiger partial charge in [0.15, 0.2) is 6.10 Å². The van der Waals surface area contributed by atoms with Crippen LogP contribution in [0.15, 0.2) is 48.5 Å². The van der Waals surface area contributed by atoms with Crippen molar-refractivity contribution in [3.05, 3.63) is 70.9 Å². The average Bonchev–Trinajstić information content (AvgIpc) is 2.78. The minimum atomic E-state index is -0.814. The van der Waals surface area contributed by atoms with E-state index in [0.717, 1.165) is 51.9 Å². The zero-order chi connectivity index (χ0) is 22.0. The van der Waals surface area contributed by atoms with Crippen molar-refractivity contribution in [3.8, 4) is 11.8 Å². The SMILES string of the molecule is COc1ccc(/C=C2\CC(C)Cc3c2nc2ccccc2c3C(=O)OC(C)C#N)cc1. The number of aromatic nitrogens is 1. The largest absolute Gasteiger partial charge is 0.497 e. The van der Waals surface area contributed by atoms with Crippen LogP contribution in [-0.4, -0.2) is 24.2 Å². The van der Waals surface area contributed by atoms with Crippen LogP contribution in [-0.2, 0) is 11.2 Å². The normalized spacial score (nSPS) is 17.6. The predicted molar refractivity (Wildman–Crippen MR) is 121 cm³/mol. The van der Waals surface area contributed by atoms with E-state index in [1.165, 1.54) is 0 Å². The molecule has 5 heteroatoms. The Morgan fingerprint density at radius 3 is 2.65 bits per heavy atom. The molecule has 0 fully saturated rings. The summed E-state index contributed by atoms with van der Waals surface area (Å²) >= 11 is 0. The van der Waals surface area contributed by atoms with Crippen molar-refractivity contribution in [1.82, 2.24) is 4.98 Å². The minimum absolute atomic E-state index is 0.347. The third-order valence-electron chi connectivity index (χ3n) is 5.54. The number of ether oxygens (including phenoxy) is 2. The van der Waals surface area contributed by atoms with E-state index < -0.39 is 12.1 Å². The standard InChI is InChI=1S/C26H24N2O3/c1-16-12-19(14-18-8-10-20(30-3)11-9-18)25-22(13-16)24(26(29)31-17(2)15-27)21-6-4-5-7-23(21)28-25/h4-11,14,16-17H,12-13H2,1-3H3/b19-14+. The summed E-state index contributed by atoms with van der Waals surface area (Å²) in [6, 6.07) is 17.4. The third kappa shape index (κ3) is 4.15. The van der Waals surface area contributed by atoms with Gasteiger partial charge in [-0.05, 0) is 66.7 Å². The van der Waals surface area contributed by atoms with E-state index in [-0.39, 0.29) is 0 Å². The third-order valence-corrected chi connectivity index (χ3v) is 5.54. The number of pyridine rings is 1. The molecule has 1 aliphatic rings. The van der Waals surface area contributed by atoms with Crippen LogP contribution in [0.4, 0.5) is 0 Å². The lowest BCUT2D eigenvalue weighted by molar-refractivity contribution is 0.0436. The Kier molecular flexibility index (Phi) is 5.73. The summed E-state index contributed by atoms with van der Waals surface area (Å²) in [5.74, 6) is 0.682. The number of benzene rings is 2. The number of esters is 1. The summed E-state index contributed by atoms with van der Waals surface area (Å²) in [5, 5.41) is 9.87. The van der Waals surface area contributed by atoms with E-state index in [2.05, 4.69) is 13.0 Å². The van der Waals surface area contributed by atoms with Gasteiger partial charge >= 0.3 is 5.97 Å². The van der Waals surface area contributed by atoms with Gasteiger partial charge in [-0.25, -0.2) is 9.78 Å². The van der Waals surface area contributed by atoms with Crippen molar-refractivity contribution in [2.45, 2.75) is 32.8 Å². The molecule has 0 saturated carbocycles. The van der Waals surface area contributed by atoms with Crippen LogP contribution >= 0.6 is 0 Å². The fourth-order valence-corrected chi connectivity index (χ4v) is 4.12. The molecular formula is C26H24N2O3. The summed E-state index contributed by atoms with van der Waals surface area (Å²) in [5.41, 5.74) is 5.14. The predicted octanol–water partition coefficient (Wildman–Crippen LogP) is 5.44. The molecule has 1 aromatic heterocycles. The number of nitrogens with zero attached hydrogens (tertiary/aromatic N) is 2. The summed E-state index contributed by atoms with van der Waals surface area (Å²) in [7, 11) is 1.65. The van der Waals surface area contributed by atoms with Crippen LogP contribution in [0.25, 0.3) is 22.6 Å². The monoisotopic (exact) mass is 412 g/mol. The minimum Gasteiger partial charge on any atom is -0.497 e. The van der Waals surface area contributed by atoms with Crippen LogP contribution in [0.2, 0.25) is 0 Å². The molecule has 31 heavy (non-hydrogen) atoms. The highest BCUT2D eigenvalue weighted by Gasteiger charge is 2.29. The maximum absolute atomic E-state index is 13.1. The molecule has 2 atom stereocenters. The first-order valence-corrected chi connectivity index (χ1v) is 10.4. The summed E-state index contributed by atoms with van der Waals surface area (Å²) in [4.78, 5) is 18.0. The van der Waals surface area contributed by atoms with Gasteiger partial charge in [0, 0.05) is 5.39 Å². The van der Waals surface area contributed by atoms with Gasteiger partial charge in [-0.15, -0.1) is 0 Å². The molecule has 0 amide bonds. The van der Waals surface area contributed by atoms with Crippen molar-refractivity contribution in [2.24, 2.45) is 5.92 Å². The van der Waals surface area contributed by atoms with E-state index >= 15 is 0 Å². The lowest BCUT2D eigenvalue weighted by atomic mass is 9.80. The van der Waals surface area contributed by atoms with Gasteiger partial charge in [0.05, 0.1) is 23.9 Å². The molecule has 2 aromatic carbocycles. The molecular weight excluding hydrogens is 388 g/mol. The zero-order valence-electron chi connectivity index (χ0n) is 17.9. The van der Waals surface area contributed by atoms with Gasteiger partial charge in [0.1, 0.15) is 11.8 Å². The first-order valence-electron chi connectivity index (χ1n) is 10.4. The number of nitriles is 1. The maximum Gasteiger partial charge on any atom is 0.340 e. The van der Waals surface area contributed by atoms with Crippen LogP contribution in [0.1, 0.15) is 47.4 Å². The second-order valence-electron chi connectivity index (χ2n) is 7.96. The maximum atomic E-state index is 13.1. The molecule has 0 radical (unpaired) electrons. The van der Waals surface area contributed by atoms with Gasteiger partial charge in [0.2, 0.25) is 0 Å². The van der Waals surface area contributed by atoms with E-state index in [9.17, 15) is 4.79 Å². The van der Waals surface area contributed by atoms with Crippen molar-refractivity contribution in [1.29, 1.82) is 5.26 Å². The van der Waals surface area contributed by atoms with Gasteiger partial charge < -0.3 is 9.47 Å². The highest BCUT2D eigenvalue weighted by molar-refractivity contribution is 6.06. The molecule has 3 aromatic rings. The highest BCUT2D eigenvalue weighted by atomic mass is 16.5. The number of allylic oxidation sites excluding steroid dienone is 1. The molecule has 0 spiro atoms. The van der Waals surface area contributed by atoms with E-state index in [0.29, 0.717) is 11.5 Å². The first kappa shape index (κ1) is 20.6. The fourth-order valence-electron chi connectivity index (χ4n) is 4.12. The van der Waals surface area contributed by atoms with E-state index in [4.69, 9.17) is 19.7 Å². The molecule has 0 bridgehead atoms. The Morgan fingerprint density at radius 2 is 1.94 bits per heavy atom. The Morgan fingerprint density at radius 1 is 1.19 bits per heavy atom. The number of rotatable bonds is 4. The molecule has 0 N–H and O–H groups in total. The zero-order valence-corrected chi connectivity index (χ0v) is 17.9. The number of hydrogen-bond donors (Lipinski definition) is 0. The lowest BCUT2D eigenvalue weighted by Gasteiger charge is -2.26. The van der Waals surface area contributed by atoms with Crippen molar-refractivity contribution in [2.75, 3.05) is 7.11 Å². The molecule has 1 aliphatic carbocycles. The highest BCUT2D eigenvalue weighted by Crippen LogP contribution is 2.39. The summed E-state index contributed by atoms with van der Waals surface area (Å²) in [6.45, 7) is 3.75. The van der Waals surface area contributed by atoms with Crippen LogP contribution in [0.3, 0.4) is 0 Å². The fraction of sp³-hybridized carbons (Fsp3) is 0.269. The average molecular weight is 412 g/mol. The van der Waals surface area contributed by atoms with Gasteiger partial charge in [0.25, 0.3) is 0 Å². The Bertz CT molecular complexity index is 1210. The van der Waals surface area contributed by atoms with Gasteiger partial charge in [-0.3, -0.25) is 0 Å². The van der Waals surface area contributed by atoms with Crippen LogP contribution in [0.5, 0.6) is 5.75 Å². The topological polar surface area (TPSA) is 72.2 Å². The molecule has 0 saturated heterocycles. The number of para-hydroxylation sites is 1. The van der Waals surface area contributed by atoms with E-state index in [1.807, 2.05) is 54.6 Å². The number of methoxy groups -OCH3 is 1. The van der Waals surface area contributed by atoms with Crippen LogP contribution < -0.4 is 4.74 Å². The number of carbonyl (C=O) groups is 1. The summed E-state index contributed by atoms with van der Waals surface area (Å²) in [6.07, 6.45) is 2.92. The van der Waals surface area contributed by atoms with Crippen LogP contribution in [0, 0.1) is 17.2 Å². The molecule has 156 valence electrons. The van der Waals surface area contributed by atoms with Crippen molar-refractivity contribution in [3.63, 3.8) is 0 Å². The summed E-state index contributed by atoms with van der Waals surface area (Å²) < 4.78 is 10.7. The molecule has 0 aliphatic heterocycles. The molecule has 4 rings (SSSR count). The number of hydrogen-bond acceptors (Lipinski definition) is 5. The van der Waals surface area contributed by atoms with Gasteiger partial charge in [-0.2, -0.15) is 5.26 Å². The number of carbonyl (C=O) groups excluding carboxylic acids is 1. The first-order chi connectivity index (χ1) is 15.0. The van der Waals surface area contributed by atoms with Crippen molar-refractivity contribution >= 4 is 28.5 Å². The van der Waals surface area contributed by atoms with Gasteiger partial charge in [-0.1, -0.05) is 37.3 Å². The second-order valence-corrected chi connectivity index (χ2v) is 7.96. The quantitative estimate of drug-likeness (QED) is 0.534. The smallest absolute Gasteiger partial charge is 0.340 e. The Hall–Kier alpha value is -3.65. The Balaban J connectivity index is 1.90. The Labute approximate surface area is 181 Å². The van der Waals surface area contributed by atoms with Crippen molar-refractivity contribution < 1.29 is 14.3 Å². The number of fused-ring (bicyclic) bond motifs is 2.